The lowest BCUT2D eigenvalue weighted by Crippen LogP contribution is -2.43. The van der Waals surface area contributed by atoms with Crippen molar-refractivity contribution in [2.45, 2.75) is 37.1 Å². The Morgan fingerprint density at radius 2 is 1.52 bits per heavy atom. The maximum atomic E-state index is 13.6. The maximum Gasteiger partial charge on any atom is 0.322 e. The molecule has 5 aromatic rings. The van der Waals surface area contributed by atoms with Gasteiger partial charge in [-0.1, -0.05) is 43.7 Å². The van der Waals surface area contributed by atoms with Gasteiger partial charge in [0, 0.05) is 18.2 Å². The molecule has 4 aromatic carbocycles. The third-order valence-electron chi connectivity index (χ3n) is 7.77. The zero-order valence-electron chi connectivity index (χ0n) is 26.0. The molecule has 46 heavy (non-hydrogen) atoms. The normalized spacial score (nSPS) is 12.2. The number of carbonyl (C=O) groups is 1. The van der Waals surface area contributed by atoms with Crippen LogP contribution in [0.25, 0.3) is 28.2 Å². The second-order valence-corrected chi connectivity index (χ2v) is 12.8. The first-order valence-corrected chi connectivity index (χ1v) is 16.5. The van der Waals surface area contributed by atoms with E-state index in [-0.39, 0.29) is 11.3 Å². The molecule has 1 unspecified atom stereocenters. The van der Waals surface area contributed by atoms with E-state index in [2.05, 4.69) is 6.92 Å². The first-order valence-electron chi connectivity index (χ1n) is 15.0. The topological polar surface area (TPSA) is 111 Å². The van der Waals surface area contributed by atoms with Crippen molar-refractivity contribution in [1.29, 1.82) is 0 Å². The van der Waals surface area contributed by atoms with E-state index in [0.29, 0.717) is 12.3 Å². The zero-order chi connectivity index (χ0) is 32.7. The number of unbranched alkanes of at least 4 members (excludes halogenated alkanes) is 1. The van der Waals surface area contributed by atoms with E-state index in [1.54, 1.807) is 48.2 Å². The van der Waals surface area contributed by atoms with Crippen LogP contribution in [0.15, 0.2) is 114 Å². The smallest absolute Gasteiger partial charge is 0.322 e. The first-order chi connectivity index (χ1) is 22.2. The van der Waals surface area contributed by atoms with Gasteiger partial charge in [0.15, 0.2) is 0 Å². The van der Waals surface area contributed by atoms with Gasteiger partial charge in [0.25, 0.3) is 0 Å². The molecule has 1 N–H and O–H groups in total. The van der Waals surface area contributed by atoms with Crippen molar-refractivity contribution < 1.29 is 27.8 Å². The van der Waals surface area contributed by atoms with Gasteiger partial charge in [0.1, 0.15) is 17.5 Å². The molecule has 0 fully saturated rings. The molecule has 0 aliphatic carbocycles. The molecular weight excluding hydrogens is 602 g/mol. The molecule has 0 saturated carbocycles. The van der Waals surface area contributed by atoms with Crippen molar-refractivity contribution >= 4 is 16.0 Å². The number of rotatable bonds is 14. The number of sulfonamides is 1. The number of hydrogen-bond acceptors (Lipinski definition) is 6. The van der Waals surface area contributed by atoms with Gasteiger partial charge in [-0.15, -0.1) is 0 Å². The number of ether oxygens (including phenoxy) is 2. The van der Waals surface area contributed by atoms with Gasteiger partial charge < -0.3 is 14.6 Å². The van der Waals surface area contributed by atoms with Gasteiger partial charge in [0.2, 0.25) is 10.0 Å². The van der Waals surface area contributed by atoms with Crippen molar-refractivity contribution in [1.82, 2.24) is 14.1 Å². The van der Waals surface area contributed by atoms with E-state index in [1.165, 1.54) is 19.2 Å². The highest BCUT2D eigenvalue weighted by Crippen LogP contribution is 2.31. The molecule has 0 saturated heterocycles. The predicted molar refractivity (Wildman–Crippen MR) is 178 cm³/mol. The minimum atomic E-state index is -4.13. The Labute approximate surface area is 269 Å². The van der Waals surface area contributed by atoms with Crippen molar-refractivity contribution in [2.24, 2.45) is 0 Å². The number of carboxylic acid groups (broad SMARTS) is 1. The number of nitrogens with zero attached hydrogens (tertiary/aromatic N) is 3. The first kappa shape index (κ1) is 32.5. The molecule has 10 heteroatoms. The summed E-state index contributed by atoms with van der Waals surface area (Å²) in [6.45, 7) is 2.77. The molecule has 1 heterocycles. The van der Waals surface area contributed by atoms with Crippen LogP contribution >= 0.6 is 0 Å². The molecule has 0 radical (unpaired) electrons. The Morgan fingerprint density at radius 1 is 0.891 bits per heavy atom. The highest BCUT2D eigenvalue weighted by atomic mass is 32.2. The van der Waals surface area contributed by atoms with Crippen molar-refractivity contribution in [3.63, 3.8) is 0 Å². The molecule has 5 rings (SSSR count). The lowest BCUT2D eigenvalue weighted by Gasteiger charge is -2.24. The number of hydrogen-bond donors (Lipinski definition) is 1. The summed E-state index contributed by atoms with van der Waals surface area (Å²) in [5.74, 6) is 0.294. The average molecular weight is 640 g/mol. The largest absolute Gasteiger partial charge is 0.497 e. The van der Waals surface area contributed by atoms with Crippen LogP contribution in [-0.4, -0.2) is 60.4 Å². The molecule has 9 nitrogen and oxygen atoms in total. The predicted octanol–water partition coefficient (Wildman–Crippen LogP) is 6.71. The zero-order valence-corrected chi connectivity index (χ0v) is 26.9. The molecular formula is C36H37N3O6S. The molecule has 0 aliphatic rings. The highest BCUT2D eigenvalue weighted by molar-refractivity contribution is 7.89. The lowest BCUT2D eigenvalue weighted by molar-refractivity contribution is -0.141. The van der Waals surface area contributed by atoms with E-state index in [9.17, 15) is 18.3 Å². The third-order valence-corrected chi connectivity index (χ3v) is 9.65. The van der Waals surface area contributed by atoms with Gasteiger partial charge in [-0.2, -0.15) is 9.40 Å². The van der Waals surface area contributed by atoms with Crippen LogP contribution in [-0.2, 0) is 21.2 Å². The summed E-state index contributed by atoms with van der Waals surface area (Å²) in [6, 6.07) is 31.4. The molecule has 1 atom stereocenters. The average Bonchev–Trinajstić information content (AvgIpc) is 3.53. The fraction of sp³-hybridized carbons (Fsp3) is 0.222. The SMILES string of the molecule is CCCCOc1ccc(-c2cc(-c3ccc(OC)cc3)nn2-c2ccc(S(=O)(=O)N(C)C(Cc3ccccc3)C(=O)O)cc2)cc1. The van der Waals surface area contributed by atoms with Crippen LogP contribution in [0, 0.1) is 0 Å². The second-order valence-electron chi connectivity index (χ2n) is 10.8. The molecule has 0 bridgehead atoms. The summed E-state index contributed by atoms with van der Waals surface area (Å²) in [6.07, 6.45) is 2.07. The number of aromatic nitrogens is 2. The lowest BCUT2D eigenvalue weighted by atomic mass is 10.1. The van der Waals surface area contributed by atoms with E-state index < -0.39 is 22.0 Å². The number of likely N-dealkylation sites (N-methyl/N-ethyl adjacent to an activating group) is 1. The maximum absolute atomic E-state index is 13.6. The number of methoxy groups -OCH3 is 1. The van der Waals surface area contributed by atoms with Crippen LogP contribution in [0.2, 0.25) is 0 Å². The van der Waals surface area contributed by atoms with Crippen molar-refractivity contribution in [3.8, 4) is 39.7 Å². The van der Waals surface area contributed by atoms with Crippen LogP contribution in [0.4, 0.5) is 0 Å². The fourth-order valence-corrected chi connectivity index (χ4v) is 6.36. The van der Waals surface area contributed by atoms with Gasteiger partial charge >= 0.3 is 5.97 Å². The second kappa shape index (κ2) is 14.4. The van der Waals surface area contributed by atoms with E-state index in [1.807, 2.05) is 60.7 Å². The van der Waals surface area contributed by atoms with E-state index in [0.717, 1.165) is 56.7 Å². The monoisotopic (exact) mass is 639 g/mol. The molecule has 1 aromatic heterocycles. The summed E-state index contributed by atoms with van der Waals surface area (Å²) >= 11 is 0. The van der Waals surface area contributed by atoms with Gasteiger partial charge in [-0.25, -0.2) is 13.1 Å². The number of carboxylic acids is 1. The van der Waals surface area contributed by atoms with Gasteiger partial charge in [-0.3, -0.25) is 4.79 Å². The van der Waals surface area contributed by atoms with Crippen LogP contribution < -0.4 is 9.47 Å². The summed E-state index contributed by atoms with van der Waals surface area (Å²) in [7, 11) is -1.21. The van der Waals surface area contributed by atoms with Crippen LogP contribution in [0.5, 0.6) is 11.5 Å². The van der Waals surface area contributed by atoms with Crippen molar-refractivity contribution in [3.05, 3.63) is 115 Å². The van der Waals surface area contributed by atoms with E-state index >= 15 is 0 Å². The van der Waals surface area contributed by atoms with Gasteiger partial charge in [0.05, 0.1) is 35.7 Å². The Hall–Kier alpha value is -4.93. The summed E-state index contributed by atoms with van der Waals surface area (Å²) < 4.78 is 41.0. The summed E-state index contributed by atoms with van der Waals surface area (Å²) in [5.41, 5.74) is 4.68. The summed E-state index contributed by atoms with van der Waals surface area (Å²) in [5, 5.41) is 14.8. The molecule has 0 amide bonds. The molecule has 238 valence electrons. The quantitative estimate of drug-likeness (QED) is 0.135. The fourth-order valence-electron chi connectivity index (χ4n) is 5.04. The number of benzene rings is 4. The standard InChI is InChI=1S/C36H37N3O6S/c1-4-5-23-45-31-19-13-28(14-20-31)34-25-33(27-11-17-30(44-3)18-12-27)37-39(34)29-15-21-32(22-16-29)46(42,43)38(2)35(36(40)41)24-26-9-7-6-8-10-26/h6-22,25,35H,4-5,23-24H2,1-3H3,(H,40,41). The molecule has 0 aliphatic heterocycles. The van der Waals surface area contributed by atoms with Gasteiger partial charge in [-0.05, 0) is 97.3 Å². The minimum absolute atomic E-state index is 0.0178. The van der Waals surface area contributed by atoms with Crippen LogP contribution in [0.1, 0.15) is 25.3 Å². The Kier molecular flexibility index (Phi) is 10.2. The third kappa shape index (κ3) is 7.30. The Morgan fingerprint density at radius 3 is 2.13 bits per heavy atom. The Balaban J connectivity index is 1.47. The van der Waals surface area contributed by atoms with Crippen molar-refractivity contribution in [2.75, 3.05) is 20.8 Å². The minimum Gasteiger partial charge on any atom is -0.497 e. The van der Waals surface area contributed by atoms with E-state index in [4.69, 9.17) is 14.6 Å². The summed E-state index contributed by atoms with van der Waals surface area (Å²) in [4.78, 5) is 12.1. The number of aliphatic carboxylic acids is 1. The highest BCUT2D eigenvalue weighted by Gasteiger charge is 2.33. The Bertz CT molecular complexity index is 1850. The van der Waals surface area contributed by atoms with Crippen LogP contribution in [0.3, 0.4) is 0 Å². The molecule has 0 spiro atoms.